The highest BCUT2D eigenvalue weighted by molar-refractivity contribution is 5.51. The average Bonchev–Trinajstić information content (AvgIpc) is 2.71. The summed E-state index contributed by atoms with van der Waals surface area (Å²) in [6, 6.07) is 8.70. The molecule has 0 saturated heterocycles. The number of phenols is 2. The van der Waals surface area contributed by atoms with Crippen LogP contribution in [0.25, 0.3) is 0 Å². The molecule has 37 heavy (non-hydrogen) atoms. The third kappa shape index (κ3) is 8.50. The highest BCUT2D eigenvalue weighted by atomic mass is 16.5. The molecule has 208 valence electrons. The molecule has 0 fully saturated rings. The average molecular weight is 511 g/mol. The molecule has 0 saturated carbocycles. The van der Waals surface area contributed by atoms with E-state index in [4.69, 9.17) is 4.74 Å². The first-order chi connectivity index (χ1) is 16.7. The molecule has 2 rings (SSSR count). The molecule has 2 aromatic rings. The van der Waals surface area contributed by atoms with Crippen LogP contribution in [0, 0.1) is 0 Å². The summed E-state index contributed by atoms with van der Waals surface area (Å²) < 4.78 is 6.02. The van der Waals surface area contributed by atoms with Gasteiger partial charge in [-0.1, -0.05) is 107 Å². The van der Waals surface area contributed by atoms with Gasteiger partial charge in [-0.25, -0.2) is 0 Å². The van der Waals surface area contributed by atoms with E-state index in [2.05, 4.69) is 107 Å². The fourth-order valence-electron chi connectivity index (χ4n) is 4.82. The first-order valence-corrected chi connectivity index (χ1v) is 14.0. The molecule has 0 amide bonds. The van der Waals surface area contributed by atoms with Crippen LogP contribution in [-0.4, -0.2) is 23.4 Å². The monoisotopic (exact) mass is 510 g/mol. The second kappa shape index (κ2) is 11.4. The van der Waals surface area contributed by atoms with Crippen LogP contribution in [0.5, 0.6) is 11.5 Å². The van der Waals surface area contributed by atoms with E-state index in [1.54, 1.807) is 0 Å². The van der Waals surface area contributed by atoms with E-state index in [1.807, 2.05) is 0 Å². The third-order valence-corrected chi connectivity index (χ3v) is 7.08. The molecule has 0 heterocycles. The summed E-state index contributed by atoms with van der Waals surface area (Å²) in [5.41, 5.74) is 6.20. The molecular weight excluding hydrogens is 456 g/mol. The second-order valence-corrected chi connectivity index (χ2v) is 14.9. The van der Waals surface area contributed by atoms with Gasteiger partial charge in [0.2, 0.25) is 0 Å². The van der Waals surface area contributed by atoms with Crippen LogP contribution in [0.3, 0.4) is 0 Å². The lowest BCUT2D eigenvalue weighted by molar-refractivity contribution is 0.130. The van der Waals surface area contributed by atoms with E-state index in [0.717, 1.165) is 61.2 Å². The summed E-state index contributed by atoms with van der Waals surface area (Å²) in [5, 5.41) is 21.9. The van der Waals surface area contributed by atoms with Gasteiger partial charge < -0.3 is 14.9 Å². The number of ether oxygens (including phenoxy) is 1. The Balaban J connectivity index is 1.98. The summed E-state index contributed by atoms with van der Waals surface area (Å²) in [4.78, 5) is 0. The molecule has 0 aliphatic carbocycles. The Morgan fingerprint density at radius 1 is 0.486 bits per heavy atom. The zero-order chi connectivity index (χ0) is 28.4. The Kier molecular flexibility index (Phi) is 9.62. The van der Waals surface area contributed by atoms with Crippen LogP contribution in [0.15, 0.2) is 24.3 Å². The van der Waals surface area contributed by atoms with Crippen molar-refractivity contribution in [2.45, 2.75) is 130 Å². The van der Waals surface area contributed by atoms with Gasteiger partial charge in [-0.2, -0.15) is 0 Å². The SMILES string of the molecule is CC(C)(C)c1cc(CCCOCCCc2cc(C(C)(C)C)c(O)c(C(C)(C)C)c2)cc(C(C)(C)C)c1O. The van der Waals surface area contributed by atoms with Crippen LogP contribution in [0.4, 0.5) is 0 Å². The minimum atomic E-state index is -0.107. The fraction of sp³-hybridized carbons (Fsp3) is 0.647. The molecule has 0 unspecified atom stereocenters. The van der Waals surface area contributed by atoms with E-state index < -0.39 is 0 Å². The Morgan fingerprint density at radius 3 is 0.946 bits per heavy atom. The molecule has 2 aromatic carbocycles. The number of phenolic OH excluding ortho intramolecular Hbond substituents is 2. The van der Waals surface area contributed by atoms with Gasteiger partial charge in [-0.05, 0) is 80.7 Å². The van der Waals surface area contributed by atoms with Crippen molar-refractivity contribution >= 4 is 0 Å². The maximum Gasteiger partial charge on any atom is 0.123 e. The van der Waals surface area contributed by atoms with Gasteiger partial charge in [0.05, 0.1) is 0 Å². The van der Waals surface area contributed by atoms with E-state index >= 15 is 0 Å². The van der Waals surface area contributed by atoms with Crippen molar-refractivity contribution in [2.24, 2.45) is 0 Å². The van der Waals surface area contributed by atoms with Crippen molar-refractivity contribution in [3.8, 4) is 11.5 Å². The number of hydrogen-bond donors (Lipinski definition) is 2. The van der Waals surface area contributed by atoms with Crippen LogP contribution in [-0.2, 0) is 39.2 Å². The molecule has 3 nitrogen and oxygen atoms in total. The van der Waals surface area contributed by atoms with E-state index in [9.17, 15) is 10.2 Å². The fourth-order valence-corrected chi connectivity index (χ4v) is 4.82. The minimum Gasteiger partial charge on any atom is -0.507 e. The van der Waals surface area contributed by atoms with Crippen molar-refractivity contribution in [2.75, 3.05) is 13.2 Å². The lowest BCUT2D eigenvalue weighted by Crippen LogP contribution is -2.18. The van der Waals surface area contributed by atoms with Gasteiger partial charge >= 0.3 is 0 Å². The van der Waals surface area contributed by atoms with Gasteiger partial charge in [0, 0.05) is 13.2 Å². The van der Waals surface area contributed by atoms with Crippen molar-refractivity contribution in [1.82, 2.24) is 0 Å². The maximum absolute atomic E-state index is 10.9. The van der Waals surface area contributed by atoms with Crippen LogP contribution >= 0.6 is 0 Å². The van der Waals surface area contributed by atoms with Crippen LogP contribution in [0.1, 0.15) is 129 Å². The van der Waals surface area contributed by atoms with Gasteiger partial charge in [0.25, 0.3) is 0 Å². The van der Waals surface area contributed by atoms with Crippen LogP contribution in [0.2, 0.25) is 0 Å². The zero-order valence-electron chi connectivity index (χ0n) is 25.9. The first kappa shape index (κ1) is 31.2. The van der Waals surface area contributed by atoms with Crippen molar-refractivity contribution in [3.05, 3.63) is 57.6 Å². The molecule has 0 radical (unpaired) electrons. The first-order valence-electron chi connectivity index (χ1n) is 14.0. The summed E-state index contributed by atoms with van der Waals surface area (Å²) in [6.07, 6.45) is 3.79. The smallest absolute Gasteiger partial charge is 0.123 e. The second-order valence-electron chi connectivity index (χ2n) is 14.9. The van der Waals surface area contributed by atoms with Crippen molar-refractivity contribution in [3.63, 3.8) is 0 Å². The largest absolute Gasteiger partial charge is 0.507 e. The Morgan fingerprint density at radius 2 is 0.730 bits per heavy atom. The summed E-state index contributed by atoms with van der Waals surface area (Å²) in [7, 11) is 0. The van der Waals surface area contributed by atoms with E-state index in [-0.39, 0.29) is 21.7 Å². The Labute approximate surface area is 227 Å². The quantitative estimate of drug-likeness (QED) is 0.349. The normalized spacial score (nSPS) is 13.3. The lowest BCUT2D eigenvalue weighted by Gasteiger charge is -2.28. The number of rotatable bonds is 8. The predicted octanol–water partition coefficient (Wildman–Crippen LogP) is 8.87. The van der Waals surface area contributed by atoms with Crippen molar-refractivity contribution < 1.29 is 14.9 Å². The molecular formula is C34H54O3. The molecule has 0 atom stereocenters. The van der Waals surface area contributed by atoms with Gasteiger partial charge in [-0.3, -0.25) is 0 Å². The van der Waals surface area contributed by atoms with Crippen molar-refractivity contribution in [1.29, 1.82) is 0 Å². The van der Waals surface area contributed by atoms with Gasteiger partial charge in [0.1, 0.15) is 11.5 Å². The molecule has 0 aromatic heterocycles. The standard InChI is InChI=1S/C34H54O3/c1-31(2,3)25-19-23(20-26(29(25)35)32(4,5)6)15-13-17-37-18-14-16-24-21-27(33(7,8)9)30(36)28(22-24)34(10,11)12/h19-22,35-36H,13-18H2,1-12H3. The molecule has 2 N–H and O–H groups in total. The van der Waals surface area contributed by atoms with Crippen LogP contribution < -0.4 is 0 Å². The number of benzene rings is 2. The highest BCUT2D eigenvalue weighted by Crippen LogP contribution is 2.41. The number of hydrogen-bond acceptors (Lipinski definition) is 3. The topological polar surface area (TPSA) is 49.7 Å². The van der Waals surface area contributed by atoms with E-state index in [0.29, 0.717) is 11.5 Å². The van der Waals surface area contributed by atoms with Gasteiger partial charge in [0.15, 0.2) is 0 Å². The number of aryl methyl sites for hydroxylation is 2. The molecule has 0 aliphatic heterocycles. The summed E-state index contributed by atoms with van der Waals surface area (Å²) in [5.74, 6) is 0.886. The molecule has 0 spiro atoms. The summed E-state index contributed by atoms with van der Waals surface area (Å²) >= 11 is 0. The van der Waals surface area contributed by atoms with Gasteiger partial charge in [-0.15, -0.1) is 0 Å². The molecule has 0 bridgehead atoms. The van der Waals surface area contributed by atoms with E-state index in [1.165, 1.54) is 11.1 Å². The zero-order valence-corrected chi connectivity index (χ0v) is 25.9. The minimum absolute atomic E-state index is 0.107. The lowest BCUT2D eigenvalue weighted by atomic mass is 9.78. The predicted molar refractivity (Wildman–Crippen MR) is 158 cm³/mol. The summed E-state index contributed by atoms with van der Waals surface area (Å²) in [6.45, 7) is 27.3. The highest BCUT2D eigenvalue weighted by Gasteiger charge is 2.27. The third-order valence-electron chi connectivity index (χ3n) is 7.08. The molecule has 0 aliphatic rings. The Bertz CT molecular complexity index is 895. The molecule has 3 heteroatoms. The number of aromatic hydroxyl groups is 2. The maximum atomic E-state index is 10.9. The Hall–Kier alpha value is -2.00.